The van der Waals surface area contributed by atoms with E-state index in [0.29, 0.717) is 0 Å². The maximum Gasteiger partial charge on any atom is -0.147 e. The zero-order chi connectivity index (χ0) is 7.52. The van der Waals surface area contributed by atoms with Crippen LogP contribution in [0.15, 0.2) is 44.4 Å². The van der Waals surface area contributed by atoms with E-state index in [9.17, 15) is 0 Å². The zero-order valence-electron chi connectivity index (χ0n) is 7.69. The molecule has 0 nitrogen and oxygen atoms in total. The molecule has 0 amide bonds. The second-order valence-corrected chi connectivity index (χ2v) is 7.13. The van der Waals surface area contributed by atoms with Gasteiger partial charge in [-0.25, -0.2) is 0 Å². The first kappa shape index (κ1) is 10.0. The number of hydrogen-bond donors (Lipinski definition) is 0. The van der Waals surface area contributed by atoms with Crippen molar-refractivity contribution in [2.45, 2.75) is 12.8 Å². The van der Waals surface area contributed by atoms with Gasteiger partial charge in [0.25, 0.3) is 0 Å². The smallest absolute Gasteiger partial charge is 0.147 e. The van der Waals surface area contributed by atoms with Crippen molar-refractivity contribution in [3.05, 3.63) is 44.4 Å². The molecule has 0 atom stereocenters. The fourth-order valence-corrected chi connectivity index (χ4v) is 4.73. The Balaban J connectivity index is 0.000000720. The Kier molecular flexibility index (Phi) is 4.04. The van der Waals surface area contributed by atoms with Crippen molar-refractivity contribution in [1.82, 2.24) is 0 Å². The summed E-state index contributed by atoms with van der Waals surface area (Å²) in [6, 6.07) is 0. The quantitative estimate of drug-likeness (QED) is 0.716. The van der Waals surface area contributed by atoms with Crippen LogP contribution in [-0.4, -0.2) is 0 Å². The summed E-state index contributed by atoms with van der Waals surface area (Å²) in [5.74, 6) is 0. The predicted molar refractivity (Wildman–Crippen MR) is 52.0 cm³/mol. The van der Waals surface area contributed by atoms with Gasteiger partial charge in [-0.2, -0.15) is 0 Å². The van der Waals surface area contributed by atoms with Gasteiger partial charge < -0.3 is 1.43 Å². The molecule has 2 aliphatic rings. The summed E-state index contributed by atoms with van der Waals surface area (Å²) in [7, 11) is 0. The third kappa shape index (κ3) is 2.47. The van der Waals surface area contributed by atoms with E-state index in [1.165, 1.54) is 12.8 Å². The molecule has 0 radical (unpaired) electrons. The molecule has 0 bridgehead atoms. The molecule has 2 aliphatic carbocycles. The number of halogens is 1. The van der Waals surface area contributed by atoms with Gasteiger partial charge in [0.1, 0.15) is 0 Å². The third-order valence-corrected chi connectivity index (χ3v) is 5.80. The molecule has 12 heavy (non-hydrogen) atoms. The first-order chi connectivity index (χ1) is 5.45. The van der Waals surface area contributed by atoms with Gasteiger partial charge in [0.05, 0.1) is 0 Å². The first-order valence-electron chi connectivity index (χ1n) is 3.84. The van der Waals surface area contributed by atoms with Gasteiger partial charge in [-0.15, -0.1) is 12.4 Å². The molecule has 66 valence electrons. The average molecular weight is 351 g/mol. The first-order valence-corrected chi connectivity index (χ1v) is 6.78. The summed E-state index contributed by atoms with van der Waals surface area (Å²) in [5.41, 5.74) is 0. The van der Waals surface area contributed by atoms with E-state index in [4.69, 9.17) is 0 Å². The fourth-order valence-electron chi connectivity index (χ4n) is 1.17. The molecule has 2 heteroatoms. The van der Waals surface area contributed by atoms with Gasteiger partial charge in [-0.05, 0) is 0 Å². The van der Waals surface area contributed by atoms with E-state index in [1.54, 1.807) is 7.93 Å². The number of hydrogen-bond acceptors (Lipinski definition) is 0. The van der Waals surface area contributed by atoms with Crippen LogP contribution in [-0.2, 0) is 18.6 Å². The van der Waals surface area contributed by atoms with Crippen molar-refractivity contribution in [2.75, 3.05) is 0 Å². The molecular formula is C10H12ClW-. The molecular weight excluding hydrogens is 339 g/mol. The number of allylic oxidation sites excluding steroid dienone is 8. The van der Waals surface area contributed by atoms with Gasteiger partial charge >= 0.3 is 75.8 Å². The summed E-state index contributed by atoms with van der Waals surface area (Å²) in [6.07, 6.45) is 16.0. The van der Waals surface area contributed by atoms with Crippen LogP contribution < -0.4 is 0 Å². The van der Waals surface area contributed by atoms with Crippen LogP contribution in [0.3, 0.4) is 0 Å². The van der Waals surface area contributed by atoms with E-state index in [0.717, 1.165) is 0 Å². The van der Waals surface area contributed by atoms with E-state index >= 15 is 0 Å². The maximum absolute atomic E-state index is 2.31. The van der Waals surface area contributed by atoms with Crippen molar-refractivity contribution in [3.8, 4) is 0 Å². The molecule has 0 aromatic carbocycles. The van der Waals surface area contributed by atoms with E-state index in [-0.39, 0.29) is 32.4 Å². The second-order valence-electron chi connectivity index (χ2n) is 2.63. The van der Waals surface area contributed by atoms with Crippen molar-refractivity contribution in [1.29, 1.82) is 0 Å². The van der Waals surface area contributed by atoms with Gasteiger partial charge in [0.2, 0.25) is 0 Å². The Bertz CT molecular complexity index is 249. The van der Waals surface area contributed by atoms with Crippen LogP contribution in [0.25, 0.3) is 0 Å². The van der Waals surface area contributed by atoms with E-state index in [2.05, 4.69) is 36.5 Å². The topological polar surface area (TPSA) is 0 Å². The molecule has 0 spiro atoms. The van der Waals surface area contributed by atoms with Crippen molar-refractivity contribution in [2.24, 2.45) is 0 Å². The largest absolute Gasteiger partial charge is 1.00 e. The van der Waals surface area contributed by atoms with Gasteiger partial charge in [-0.3, -0.25) is 0 Å². The maximum atomic E-state index is 2.31. The zero-order valence-corrected chi connectivity index (χ0v) is 10.4. The minimum absolute atomic E-state index is 0. The van der Waals surface area contributed by atoms with Crippen molar-refractivity contribution >= 4 is 12.4 Å². The molecule has 0 heterocycles. The van der Waals surface area contributed by atoms with Crippen LogP contribution >= 0.6 is 12.4 Å². The van der Waals surface area contributed by atoms with Crippen molar-refractivity contribution < 1.29 is 20.0 Å². The molecule has 0 N–H and O–H groups in total. The Hall–Kier alpha value is -0.0617. The molecule has 0 fully saturated rings. The Morgan fingerprint density at radius 1 is 1.00 bits per heavy atom. The van der Waals surface area contributed by atoms with Gasteiger partial charge in [-0.1, -0.05) is 0 Å². The molecule has 2 rings (SSSR count). The Morgan fingerprint density at radius 3 is 1.83 bits per heavy atom. The summed E-state index contributed by atoms with van der Waals surface area (Å²) in [4.78, 5) is 0. The van der Waals surface area contributed by atoms with Crippen LogP contribution in [0.1, 0.15) is 14.3 Å². The van der Waals surface area contributed by atoms with Gasteiger partial charge in [0.15, 0.2) is 0 Å². The van der Waals surface area contributed by atoms with Crippen LogP contribution in [0.2, 0.25) is 0 Å². The molecule has 0 saturated heterocycles. The average Bonchev–Trinajstić information content (AvgIpc) is 2.60. The molecule has 0 aliphatic heterocycles. The Labute approximate surface area is 89.6 Å². The molecule has 0 aromatic rings. The van der Waals surface area contributed by atoms with Gasteiger partial charge in [0, 0.05) is 0 Å². The monoisotopic (exact) mass is 351 g/mol. The van der Waals surface area contributed by atoms with Crippen LogP contribution in [0.4, 0.5) is 0 Å². The van der Waals surface area contributed by atoms with E-state index in [1.807, 2.05) is 0 Å². The minimum Gasteiger partial charge on any atom is -1.00 e. The predicted octanol–water partition coefficient (Wildman–Crippen LogP) is 3.29. The summed E-state index contributed by atoms with van der Waals surface area (Å²) in [5, 5.41) is 0. The van der Waals surface area contributed by atoms with Crippen LogP contribution in [0.5, 0.6) is 0 Å². The minimum atomic E-state index is -0.282. The molecule has 0 aromatic heterocycles. The molecule has 0 unspecified atom stereocenters. The fraction of sp³-hybridized carbons (Fsp3) is 0.200. The number of rotatable bonds is 2. The standard InChI is InChI=1S/2C5H5.ClH.W.H/c2*1-2-4-5-3-1;;;/h2*1-3H,4H2;1H;;/q;;;;-1. The summed E-state index contributed by atoms with van der Waals surface area (Å²) < 4.78 is 3.44. The molecule has 0 saturated carbocycles. The SMILES string of the molecule is C1=CC[C]([W][C]2=CC=CC2)=C1.Cl.[H-]. The van der Waals surface area contributed by atoms with E-state index < -0.39 is 0 Å². The summed E-state index contributed by atoms with van der Waals surface area (Å²) in [6.45, 7) is 0. The van der Waals surface area contributed by atoms with Crippen LogP contribution in [0, 0.1) is 0 Å². The summed E-state index contributed by atoms with van der Waals surface area (Å²) >= 11 is -0.282. The third-order valence-electron chi connectivity index (χ3n) is 1.74. The normalized spacial score (nSPS) is 19.0. The van der Waals surface area contributed by atoms with Crippen molar-refractivity contribution in [3.63, 3.8) is 0 Å². The Morgan fingerprint density at radius 2 is 1.50 bits per heavy atom. The second kappa shape index (κ2) is 4.84.